The van der Waals surface area contributed by atoms with Gasteiger partial charge >= 0.3 is 0 Å². The maximum atomic E-state index is 11.9. The molecule has 3 rings (SSSR count). The van der Waals surface area contributed by atoms with Crippen LogP contribution in [0.2, 0.25) is 5.15 Å². The number of nitrogens with one attached hydrogen (secondary N) is 1. The van der Waals surface area contributed by atoms with Crippen molar-refractivity contribution in [1.82, 2.24) is 19.5 Å². The van der Waals surface area contributed by atoms with E-state index in [-0.39, 0.29) is 10.9 Å². The van der Waals surface area contributed by atoms with Crippen molar-refractivity contribution in [3.8, 4) is 0 Å². The third kappa shape index (κ3) is 3.97. The van der Waals surface area contributed by atoms with E-state index >= 15 is 0 Å². The fourth-order valence-electron chi connectivity index (χ4n) is 3.57. The number of aromatic nitrogens is 3. The molecule has 0 aromatic carbocycles. The zero-order chi connectivity index (χ0) is 19.8. The summed E-state index contributed by atoms with van der Waals surface area (Å²) in [5, 5.41) is 5.32. The van der Waals surface area contributed by atoms with Crippen LogP contribution in [0, 0.1) is 12.8 Å². The molecule has 0 amide bonds. The Balaban J connectivity index is 1.91. The number of anilines is 1. The van der Waals surface area contributed by atoms with Crippen LogP contribution in [-0.2, 0) is 16.6 Å². The third-order valence-electron chi connectivity index (χ3n) is 4.83. The van der Waals surface area contributed by atoms with Crippen molar-refractivity contribution < 1.29 is 8.42 Å². The average molecular weight is 412 g/mol. The Morgan fingerprint density at radius 1 is 1.37 bits per heavy atom. The Morgan fingerprint density at radius 2 is 2.11 bits per heavy atom. The maximum Gasteiger partial charge on any atom is 0.241 e. The molecule has 0 aliphatic carbocycles. The molecular weight excluding hydrogens is 386 g/mol. The Labute approximate surface area is 165 Å². The van der Waals surface area contributed by atoms with E-state index in [9.17, 15) is 8.42 Å². The molecule has 1 aliphatic heterocycles. The van der Waals surface area contributed by atoms with Gasteiger partial charge in [0, 0.05) is 24.8 Å². The molecule has 7 nitrogen and oxygen atoms in total. The van der Waals surface area contributed by atoms with Gasteiger partial charge in [-0.15, -0.1) is 0 Å². The molecule has 2 aromatic rings. The van der Waals surface area contributed by atoms with E-state index in [0.717, 1.165) is 43.0 Å². The van der Waals surface area contributed by atoms with Gasteiger partial charge in [0.1, 0.15) is 15.9 Å². The van der Waals surface area contributed by atoms with E-state index in [1.807, 2.05) is 11.6 Å². The first-order chi connectivity index (χ1) is 12.7. The zero-order valence-corrected chi connectivity index (χ0v) is 17.7. The van der Waals surface area contributed by atoms with Gasteiger partial charge in [-0.1, -0.05) is 25.4 Å². The third-order valence-corrected chi connectivity index (χ3v) is 6.63. The van der Waals surface area contributed by atoms with Crippen LogP contribution in [0.15, 0.2) is 23.2 Å². The molecular formula is C18H26ClN5O2S. The SMILES string of the molecule is CNS(=O)(=O)c1ccc(N2CCCC2c2c(C)nn(CC(C)C)c2Cl)nc1. The highest BCUT2D eigenvalue weighted by atomic mass is 35.5. The van der Waals surface area contributed by atoms with Gasteiger partial charge in [0.25, 0.3) is 0 Å². The van der Waals surface area contributed by atoms with Crippen LogP contribution in [-0.4, -0.2) is 36.8 Å². The van der Waals surface area contributed by atoms with Crippen molar-refractivity contribution in [3.63, 3.8) is 0 Å². The minimum Gasteiger partial charge on any atom is -0.349 e. The molecule has 1 unspecified atom stereocenters. The molecule has 27 heavy (non-hydrogen) atoms. The van der Waals surface area contributed by atoms with E-state index in [1.54, 1.807) is 12.1 Å². The molecule has 1 saturated heterocycles. The number of aryl methyl sites for hydroxylation is 1. The number of hydrogen-bond donors (Lipinski definition) is 1. The van der Waals surface area contributed by atoms with Crippen molar-refractivity contribution in [2.75, 3.05) is 18.5 Å². The monoisotopic (exact) mass is 411 g/mol. The maximum absolute atomic E-state index is 11.9. The summed E-state index contributed by atoms with van der Waals surface area (Å²) >= 11 is 6.68. The predicted molar refractivity (Wildman–Crippen MR) is 107 cm³/mol. The summed E-state index contributed by atoms with van der Waals surface area (Å²) in [6, 6.07) is 3.43. The lowest BCUT2D eigenvalue weighted by atomic mass is 10.1. The lowest BCUT2D eigenvalue weighted by Gasteiger charge is -2.26. The van der Waals surface area contributed by atoms with Gasteiger partial charge in [0.2, 0.25) is 10.0 Å². The summed E-state index contributed by atoms with van der Waals surface area (Å²) < 4.78 is 28.0. The second-order valence-electron chi connectivity index (χ2n) is 7.28. The van der Waals surface area contributed by atoms with Crippen LogP contribution in [0.3, 0.4) is 0 Å². The van der Waals surface area contributed by atoms with Gasteiger partial charge in [-0.3, -0.25) is 4.68 Å². The van der Waals surface area contributed by atoms with Gasteiger partial charge in [-0.25, -0.2) is 18.1 Å². The second-order valence-corrected chi connectivity index (χ2v) is 9.52. The van der Waals surface area contributed by atoms with Crippen molar-refractivity contribution >= 4 is 27.4 Å². The summed E-state index contributed by atoms with van der Waals surface area (Å²) in [6.07, 6.45) is 3.38. The lowest BCUT2D eigenvalue weighted by molar-refractivity contribution is 0.481. The van der Waals surface area contributed by atoms with Gasteiger partial charge < -0.3 is 4.90 Å². The Kier molecular flexibility index (Phi) is 5.79. The molecule has 1 fully saturated rings. The highest BCUT2D eigenvalue weighted by molar-refractivity contribution is 7.89. The van der Waals surface area contributed by atoms with Crippen molar-refractivity contribution in [3.05, 3.63) is 34.7 Å². The van der Waals surface area contributed by atoms with Crippen LogP contribution in [0.5, 0.6) is 0 Å². The summed E-state index contributed by atoms with van der Waals surface area (Å²) in [5.74, 6) is 1.21. The number of hydrogen-bond acceptors (Lipinski definition) is 5. The molecule has 1 aliphatic rings. The molecule has 1 atom stereocenters. The van der Waals surface area contributed by atoms with Crippen LogP contribution in [0.25, 0.3) is 0 Å². The zero-order valence-electron chi connectivity index (χ0n) is 16.1. The minimum atomic E-state index is -3.49. The van der Waals surface area contributed by atoms with Crippen molar-refractivity contribution in [1.29, 1.82) is 0 Å². The van der Waals surface area contributed by atoms with Gasteiger partial charge in [-0.2, -0.15) is 5.10 Å². The molecule has 0 saturated carbocycles. The number of sulfonamides is 1. The van der Waals surface area contributed by atoms with E-state index in [1.165, 1.54) is 13.2 Å². The molecule has 148 valence electrons. The first-order valence-electron chi connectivity index (χ1n) is 9.13. The summed E-state index contributed by atoms with van der Waals surface area (Å²) in [7, 11) is -2.10. The smallest absolute Gasteiger partial charge is 0.241 e. The first-order valence-corrected chi connectivity index (χ1v) is 11.0. The second kappa shape index (κ2) is 7.77. The molecule has 2 aromatic heterocycles. The Morgan fingerprint density at radius 3 is 2.70 bits per heavy atom. The van der Waals surface area contributed by atoms with Crippen LogP contribution >= 0.6 is 11.6 Å². The number of rotatable bonds is 6. The van der Waals surface area contributed by atoms with Crippen molar-refractivity contribution in [2.24, 2.45) is 5.92 Å². The molecule has 0 spiro atoms. The molecule has 0 bridgehead atoms. The van der Waals surface area contributed by atoms with E-state index in [4.69, 9.17) is 11.6 Å². The molecule has 3 heterocycles. The van der Waals surface area contributed by atoms with E-state index < -0.39 is 10.0 Å². The Bertz CT molecular complexity index is 909. The molecule has 9 heteroatoms. The highest BCUT2D eigenvalue weighted by Crippen LogP contribution is 2.40. The van der Waals surface area contributed by atoms with E-state index in [2.05, 4.69) is 33.6 Å². The first kappa shape index (κ1) is 20.1. The van der Waals surface area contributed by atoms with Crippen LogP contribution in [0.4, 0.5) is 5.82 Å². The fourth-order valence-corrected chi connectivity index (χ4v) is 4.62. The summed E-state index contributed by atoms with van der Waals surface area (Å²) in [6.45, 7) is 7.89. The number of pyridine rings is 1. The minimum absolute atomic E-state index is 0.0951. The van der Waals surface area contributed by atoms with Crippen molar-refractivity contribution in [2.45, 2.75) is 51.1 Å². The normalized spacial score (nSPS) is 17.9. The number of nitrogens with zero attached hydrogens (tertiary/aromatic N) is 4. The van der Waals surface area contributed by atoms with E-state index in [0.29, 0.717) is 11.1 Å². The van der Waals surface area contributed by atoms with Crippen LogP contribution in [0.1, 0.15) is 44.0 Å². The van der Waals surface area contributed by atoms with Gasteiger partial charge in [0.05, 0.1) is 11.7 Å². The van der Waals surface area contributed by atoms with Gasteiger partial charge in [-0.05, 0) is 44.9 Å². The van der Waals surface area contributed by atoms with Gasteiger partial charge in [0.15, 0.2) is 0 Å². The summed E-state index contributed by atoms with van der Waals surface area (Å²) in [5.41, 5.74) is 1.98. The fraction of sp³-hybridized carbons (Fsp3) is 0.556. The highest BCUT2D eigenvalue weighted by Gasteiger charge is 2.32. The standard InChI is InChI=1S/C18H26ClN5O2S/c1-12(2)11-24-18(19)17(13(3)22-24)15-6-5-9-23(15)16-8-7-14(10-21-16)27(25,26)20-4/h7-8,10,12,15,20H,5-6,9,11H2,1-4H3. The van der Waals surface area contributed by atoms with Crippen LogP contribution < -0.4 is 9.62 Å². The summed E-state index contributed by atoms with van der Waals surface area (Å²) in [4.78, 5) is 6.74. The topological polar surface area (TPSA) is 80.1 Å². The Hall–Kier alpha value is -1.64. The average Bonchev–Trinajstić information content (AvgIpc) is 3.19. The largest absolute Gasteiger partial charge is 0.349 e. The quantitative estimate of drug-likeness (QED) is 0.789. The lowest BCUT2D eigenvalue weighted by Crippen LogP contribution is -2.24. The molecule has 0 radical (unpaired) electrons. The number of halogens is 1. The molecule has 1 N–H and O–H groups in total. The predicted octanol–water partition coefficient (Wildman–Crippen LogP) is 3.15.